The molecule has 0 spiro atoms. The van der Waals surface area contributed by atoms with E-state index in [1.807, 2.05) is 0 Å². The van der Waals surface area contributed by atoms with Crippen molar-refractivity contribution in [2.75, 3.05) is 20.2 Å². The first-order valence-corrected chi connectivity index (χ1v) is 7.50. The first-order valence-electron chi connectivity index (χ1n) is 7.50. The molecule has 2 N–H and O–H groups in total. The number of hydrogen-bond acceptors (Lipinski definition) is 3. The highest BCUT2D eigenvalue weighted by atomic mass is 19.1. The summed E-state index contributed by atoms with van der Waals surface area (Å²) in [6.07, 6.45) is 3.45. The summed E-state index contributed by atoms with van der Waals surface area (Å²) in [5.41, 5.74) is 0.0552. The first kappa shape index (κ1) is 15.8. The van der Waals surface area contributed by atoms with Crippen molar-refractivity contribution in [2.24, 2.45) is 5.92 Å². The fourth-order valence-electron chi connectivity index (χ4n) is 2.85. The van der Waals surface area contributed by atoms with Crippen molar-refractivity contribution in [2.45, 2.75) is 32.2 Å². The van der Waals surface area contributed by atoms with Crippen LogP contribution in [-0.2, 0) is 0 Å². The van der Waals surface area contributed by atoms with Crippen LogP contribution < -0.4 is 15.4 Å². The molecule has 1 amide bonds. The monoisotopic (exact) mass is 294 g/mol. The molecule has 0 aliphatic carbocycles. The van der Waals surface area contributed by atoms with Crippen molar-refractivity contribution in [3.63, 3.8) is 0 Å². The van der Waals surface area contributed by atoms with E-state index >= 15 is 0 Å². The average molecular weight is 294 g/mol. The van der Waals surface area contributed by atoms with Crippen LogP contribution in [0.15, 0.2) is 18.2 Å². The Morgan fingerprint density at radius 1 is 1.52 bits per heavy atom. The summed E-state index contributed by atoms with van der Waals surface area (Å²) in [6.45, 7) is 3.67. The Morgan fingerprint density at radius 2 is 2.33 bits per heavy atom. The summed E-state index contributed by atoms with van der Waals surface area (Å²) in [5.74, 6) is 0.0386. The third-order valence-corrected chi connectivity index (χ3v) is 4.16. The molecule has 0 bridgehead atoms. The lowest BCUT2D eigenvalue weighted by atomic mass is 9.88. The SMILES string of the molecule is CCC1CCCNC1CNC(=O)c1ccc(OC)cc1F. The van der Waals surface area contributed by atoms with E-state index in [2.05, 4.69) is 17.6 Å². The molecule has 1 aromatic carbocycles. The number of ether oxygens (including phenoxy) is 1. The van der Waals surface area contributed by atoms with Gasteiger partial charge in [0.25, 0.3) is 5.91 Å². The number of benzene rings is 1. The molecule has 1 heterocycles. The van der Waals surface area contributed by atoms with Gasteiger partial charge in [0.05, 0.1) is 12.7 Å². The van der Waals surface area contributed by atoms with Crippen LogP contribution in [0.5, 0.6) is 5.75 Å². The van der Waals surface area contributed by atoms with Crippen molar-refractivity contribution < 1.29 is 13.9 Å². The number of halogens is 1. The van der Waals surface area contributed by atoms with E-state index in [-0.39, 0.29) is 17.5 Å². The van der Waals surface area contributed by atoms with Crippen LogP contribution in [0.2, 0.25) is 0 Å². The van der Waals surface area contributed by atoms with Gasteiger partial charge in [-0.15, -0.1) is 0 Å². The first-order chi connectivity index (χ1) is 10.2. The van der Waals surface area contributed by atoms with Crippen molar-refractivity contribution in [1.82, 2.24) is 10.6 Å². The predicted molar refractivity (Wildman–Crippen MR) is 80.1 cm³/mol. The minimum atomic E-state index is -0.560. The van der Waals surface area contributed by atoms with E-state index in [0.29, 0.717) is 18.2 Å². The standard InChI is InChI=1S/C16H23FN2O2/c1-3-11-5-4-8-18-15(11)10-19-16(20)13-7-6-12(21-2)9-14(13)17/h6-7,9,11,15,18H,3-5,8,10H2,1-2H3,(H,19,20). The molecular weight excluding hydrogens is 271 g/mol. The number of amides is 1. The molecule has 0 radical (unpaired) electrons. The lowest BCUT2D eigenvalue weighted by Gasteiger charge is -2.32. The lowest BCUT2D eigenvalue weighted by molar-refractivity contribution is 0.0938. The van der Waals surface area contributed by atoms with Crippen molar-refractivity contribution >= 4 is 5.91 Å². The lowest BCUT2D eigenvalue weighted by Crippen LogP contribution is -2.48. The second-order valence-corrected chi connectivity index (χ2v) is 5.43. The zero-order valence-electron chi connectivity index (χ0n) is 12.6. The summed E-state index contributed by atoms with van der Waals surface area (Å²) in [7, 11) is 1.47. The maximum absolute atomic E-state index is 13.8. The number of piperidine rings is 1. The molecule has 1 aliphatic heterocycles. The Bertz CT molecular complexity index is 493. The maximum Gasteiger partial charge on any atom is 0.254 e. The van der Waals surface area contributed by atoms with E-state index in [9.17, 15) is 9.18 Å². The highest BCUT2D eigenvalue weighted by molar-refractivity contribution is 5.94. The van der Waals surface area contributed by atoms with Gasteiger partial charge in [0, 0.05) is 18.7 Å². The highest BCUT2D eigenvalue weighted by Gasteiger charge is 2.24. The molecule has 4 nitrogen and oxygen atoms in total. The van der Waals surface area contributed by atoms with Gasteiger partial charge in [0.2, 0.25) is 0 Å². The normalized spacial score (nSPS) is 21.9. The van der Waals surface area contributed by atoms with E-state index in [1.165, 1.54) is 32.1 Å². The molecule has 0 saturated carbocycles. The molecule has 5 heteroatoms. The Hall–Kier alpha value is -1.62. The van der Waals surface area contributed by atoms with Crippen molar-refractivity contribution in [3.05, 3.63) is 29.6 Å². The summed E-state index contributed by atoms with van der Waals surface area (Å²) in [6, 6.07) is 4.54. The van der Waals surface area contributed by atoms with Gasteiger partial charge in [-0.25, -0.2) is 4.39 Å². The number of methoxy groups -OCH3 is 1. The molecule has 116 valence electrons. The molecule has 2 atom stereocenters. The van der Waals surface area contributed by atoms with Crippen LogP contribution in [0.4, 0.5) is 4.39 Å². The predicted octanol–water partition coefficient (Wildman–Crippen LogP) is 2.34. The summed E-state index contributed by atoms with van der Waals surface area (Å²) in [5, 5.41) is 6.26. The molecule has 2 unspecified atom stereocenters. The third kappa shape index (κ3) is 3.94. The fraction of sp³-hybridized carbons (Fsp3) is 0.562. The maximum atomic E-state index is 13.8. The van der Waals surface area contributed by atoms with Crippen LogP contribution in [0.3, 0.4) is 0 Å². The van der Waals surface area contributed by atoms with E-state index < -0.39 is 5.82 Å². The largest absolute Gasteiger partial charge is 0.497 e. The summed E-state index contributed by atoms with van der Waals surface area (Å²) >= 11 is 0. The summed E-state index contributed by atoms with van der Waals surface area (Å²) < 4.78 is 18.8. The highest BCUT2D eigenvalue weighted by Crippen LogP contribution is 2.20. The minimum Gasteiger partial charge on any atom is -0.497 e. The van der Waals surface area contributed by atoms with Gasteiger partial charge in [-0.2, -0.15) is 0 Å². The smallest absolute Gasteiger partial charge is 0.254 e. The van der Waals surface area contributed by atoms with Gasteiger partial charge in [-0.05, 0) is 37.4 Å². The van der Waals surface area contributed by atoms with E-state index in [4.69, 9.17) is 4.74 Å². The zero-order chi connectivity index (χ0) is 15.2. The van der Waals surface area contributed by atoms with Gasteiger partial charge in [-0.3, -0.25) is 4.79 Å². The number of carbonyl (C=O) groups excluding carboxylic acids is 1. The second kappa shape index (κ2) is 7.41. The van der Waals surface area contributed by atoms with Crippen molar-refractivity contribution in [3.8, 4) is 5.75 Å². The molecule has 0 aromatic heterocycles. The van der Waals surface area contributed by atoms with Gasteiger partial charge >= 0.3 is 0 Å². The minimum absolute atomic E-state index is 0.0552. The molecule has 1 saturated heterocycles. The van der Waals surface area contributed by atoms with Crippen LogP contribution >= 0.6 is 0 Å². The Balaban J connectivity index is 1.95. The number of carbonyl (C=O) groups is 1. The number of hydrogen-bond donors (Lipinski definition) is 2. The fourth-order valence-corrected chi connectivity index (χ4v) is 2.85. The van der Waals surface area contributed by atoms with Gasteiger partial charge < -0.3 is 15.4 Å². The van der Waals surface area contributed by atoms with Crippen molar-refractivity contribution in [1.29, 1.82) is 0 Å². The van der Waals surface area contributed by atoms with Gasteiger partial charge in [-0.1, -0.05) is 13.3 Å². The molecule has 1 aliphatic rings. The van der Waals surface area contributed by atoms with Crippen LogP contribution in [-0.4, -0.2) is 32.1 Å². The van der Waals surface area contributed by atoms with Crippen LogP contribution in [0.25, 0.3) is 0 Å². The third-order valence-electron chi connectivity index (χ3n) is 4.16. The average Bonchev–Trinajstić information content (AvgIpc) is 2.52. The van der Waals surface area contributed by atoms with Crippen LogP contribution in [0.1, 0.15) is 36.5 Å². The Labute approximate surface area is 125 Å². The van der Waals surface area contributed by atoms with Gasteiger partial charge in [0.1, 0.15) is 11.6 Å². The molecule has 1 fully saturated rings. The molecule has 21 heavy (non-hydrogen) atoms. The molecule has 2 rings (SSSR count). The number of rotatable bonds is 5. The zero-order valence-corrected chi connectivity index (χ0v) is 12.6. The second-order valence-electron chi connectivity index (χ2n) is 5.43. The Kier molecular flexibility index (Phi) is 5.56. The van der Waals surface area contributed by atoms with Crippen LogP contribution in [0, 0.1) is 11.7 Å². The van der Waals surface area contributed by atoms with E-state index in [0.717, 1.165) is 13.0 Å². The molecular formula is C16H23FN2O2. The van der Waals surface area contributed by atoms with E-state index in [1.54, 1.807) is 6.07 Å². The Morgan fingerprint density at radius 3 is 3.00 bits per heavy atom. The summed E-state index contributed by atoms with van der Waals surface area (Å²) in [4.78, 5) is 12.1. The quantitative estimate of drug-likeness (QED) is 0.876. The number of nitrogens with one attached hydrogen (secondary N) is 2. The van der Waals surface area contributed by atoms with Gasteiger partial charge in [0.15, 0.2) is 0 Å². The topological polar surface area (TPSA) is 50.4 Å². The molecule has 1 aromatic rings.